The number of primary sulfonamides is 1. The van der Waals surface area contributed by atoms with Gasteiger partial charge in [-0.25, -0.2) is 26.8 Å². The molecule has 0 aromatic heterocycles. The summed E-state index contributed by atoms with van der Waals surface area (Å²) >= 11 is 0. The molecule has 0 bridgehead atoms. The Hall–Kier alpha value is -1.95. The highest BCUT2D eigenvalue weighted by molar-refractivity contribution is 7.89. The Morgan fingerprint density at radius 1 is 1.33 bits per heavy atom. The second-order valence-corrected chi connectivity index (χ2v) is 10.2. The number of carbonyl (C=O) groups is 1. The maximum atomic E-state index is 12.4. The Labute approximate surface area is 159 Å². The van der Waals surface area contributed by atoms with E-state index in [0.717, 1.165) is 4.31 Å². The minimum Gasteiger partial charge on any atom is -0.323 e. The van der Waals surface area contributed by atoms with Crippen LogP contribution in [0.2, 0.25) is 0 Å². The zero-order valence-corrected chi connectivity index (χ0v) is 16.7. The number of nitrogens with zero attached hydrogens (tertiary/aromatic N) is 2. The summed E-state index contributed by atoms with van der Waals surface area (Å²) < 4.78 is 48.9. The number of amides is 2. The van der Waals surface area contributed by atoms with Gasteiger partial charge in [0.05, 0.1) is 10.1 Å². The van der Waals surface area contributed by atoms with Crippen molar-refractivity contribution < 1.29 is 21.6 Å². The summed E-state index contributed by atoms with van der Waals surface area (Å²) in [6.07, 6.45) is 2.45. The molecule has 0 radical (unpaired) electrons. The Morgan fingerprint density at radius 2 is 1.96 bits per heavy atom. The van der Waals surface area contributed by atoms with Gasteiger partial charge < -0.3 is 10.2 Å². The third-order valence-electron chi connectivity index (χ3n) is 4.33. The molecule has 11 heteroatoms. The molecule has 1 heterocycles. The number of rotatable bonds is 6. The molecule has 1 aromatic rings. The third kappa shape index (κ3) is 5.28. The summed E-state index contributed by atoms with van der Waals surface area (Å²) in [7, 11) is -5.88. The molecule has 1 saturated heterocycles. The van der Waals surface area contributed by atoms with Crippen LogP contribution in [0.15, 0.2) is 41.8 Å². The zero-order valence-electron chi connectivity index (χ0n) is 15.0. The second kappa shape index (κ2) is 8.38. The van der Waals surface area contributed by atoms with Crippen molar-refractivity contribution >= 4 is 31.8 Å². The molecule has 150 valence electrons. The zero-order chi connectivity index (χ0) is 20.2. The number of hydrogen-bond donors (Lipinski definition) is 2. The normalized spacial score (nSPS) is 18.3. The third-order valence-corrected chi connectivity index (χ3v) is 7.48. The minimum atomic E-state index is -3.70. The molecular weight excluding hydrogens is 392 g/mol. The lowest BCUT2D eigenvalue weighted by molar-refractivity contribution is 0.200. The van der Waals surface area contributed by atoms with Crippen molar-refractivity contribution in [2.45, 2.75) is 23.0 Å². The van der Waals surface area contributed by atoms with Crippen LogP contribution in [0.4, 0.5) is 10.5 Å². The number of nitrogens with one attached hydrogen (secondary N) is 1. The van der Waals surface area contributed by atoms with Gasteiger partial charge in [-0.2, -0.15) is 4.31 Å². The fourth-order valence-corrected chi connectivity index (χ4v) is 4.79. The number of sulfonamides is 2. The van der Waals surface area contributed by atoms with Crippen LogP contribution in [-0.4, -0.2) is 64.0 Å². The second-order valence-electron chi connectivity index (χ2n) is 6.33. The Bertz CT molecular complexity index is 897. The number of hydrogen-bond acceptors (Lipinski definition) is 5. The van der Waals surface area contributed by atoms with Gasteiger partial charge in [0.25, 0.3) is 0 Å². The van der Waals surface area contributed by atoms with E-state index in [1.807, 2.05) is 0 Å². The van der Waals surface area contributed by atoms with Gasteiger partial charge in [0.1, 0.15) is 0 Å². The number of nitrogens with two attached hydrogens (primary N) is 1. The molecule has 1 atom stereocenters. The van der Waals surface area contributed by atoms with Crippen LogP contribution in [0.3, 0.4) is 0 Å². The number of likely N-dealkylation sites (N-methyl/N-ethyl adjacent to an activating group) is 1. The lowest BCUT2D eigenvalue weighted by Crippen LogP contribution is -2.48. The van der Waals surface area contributed by atoms with Gasteiger partial charge in [0, 0.05) is 32.4 Å². The van der Waals surface area contributed by atoms with Crippen LogP contribution in [0.5, 0.6) is 0 Å². The first kappa shape index (κ1) is 21.4. The predicted molar refractivity (Wildman–Crippen MR) is 103 cm³/mol. The topological polar surface area (TPSA) is 130 Å². The first-order valence-electron chi connectivity index (χ1n) is 8.30. The number of carbonyl (C=O) groups excluding carboxylic acids is 1. The maximum Gasteiger partial charge on any atom is 0.321 e. The van der Waals surface area contributed by atoms with E-state index in [-0.39, 0.29) is 18.0 Å². The number of anilines is 1. The molecule has 0 saturated carbocycles. The number of benzene rings is 1. The molecule has 2 rings (SSSR count). The van der Waals surface area contributed by atoms with Crippen LogP contribution < -0.4 is 10.5 Å². The molecular formula is C16H24N4O5S2. The van der Waals surface area contributed by atoms with Crippen molar-refractivity contribution in [1.29, 1.82) is 0 Å². The molecule has 1 aromatic carbocycles. The maximum absolute atomic E-state index is 12.4. The highest BCUT2D eigenvalue weighted by Crippen LogP contribution is 2.19. The van der Waals surface area contributed by atoms with Crippen LogP contribution in [0, 0.1) is 0 Å². The van der Waals surface area contributed by atoms with Crippen molar-refractivity contribution in [3.8, 4) is 0 Å². The Kier molecular flexibility index (Phi) is 6.63. The van der Waals surface area contributed by atoms with E-state index in [2.05, 4.69) is 11.9 Å². The van der Waals surface area contributed by atoms with E-state index in [1.54, 1.807) is 0 Å². The summed E-state index contributed by atoms with van der Waals surface area (Å²) in [6.45, 7) is 4.16. The summed E-state index contributed by atoms with van der Waals surface area (Å²) in [5.41, 5.74) is 0.406. The summed E-state index contributed by atoms with van der Waals surface area (Å²) in [4.78, 5) is 13.8. The lowest BCUT2D eigenvalue weighted by atomic mass is 10.1. The van der Waals surface area contributed by atoms with E-state index >= 15 is 0 Å². The Balaban J connectivity index is 2.06. The smallest absolute Gasteiger partial charge is 0.321 e. The quantitative estimate of drug-likeness (QED) is 0.662. The standard InChI is InChI=1S/C16H24N4O5S2/c1-3-10-19(2)27(24,25)14-8-6-13(7-9-14)18-16(21)20-11-4-5-15(12-20)26(17,22)23/h3,6-9,15H,1,4-5,10-12H2,2H3,(H,18,21)(H2,17,22,23)/t15-/m1/s1. The molecule has 2 amide bonds. The first-order valence-corrected chi connectivity index (χ1v) is 11.4. The fraction of sp³-hybridized carbons (Fsp3) is 0.438. The molecule has 1 aliphatic heterocycles. The molecule has 0 unspecified atom stereocenters. The van der Waals surface area contributed by atoms with Crippen molar-refractivity contribution in [2.75, 3.05) is 32.0 Å². The molecule has 0 spiro atoms. The Morgan fingerprint density at radius 3 is 2.52 bits per heavy atom. The molecule has 3 N–H and O–H groups in total. The predicted octanol–water partition coefficient (Wildman–Crippen LogP) is 0.778. The summed E-state index contributed by atoms with van der Waals surface area (Å²) in [5.74, 6) is 0. The average Bonchev–Trinajstić information content (AvgIpc) is 2.61. The lowest BCUT2D eigenvalue weighted by Gasteiger charge is -2.31. The van der Waals surface area contributed by atoms with Gasteiger partial charge in [0.2, 0.25) is 20.0 Å². The fourth-order valence-electron chi connectivity index (χ4n) is 2.76. The largest absolute Gasteiger partial charge is 0.323 e. The van der Waals surface area contributed by atoms with Crippen LogP contribution in [0.1, 0.15) is 12.8 Å². The van der Waals surface area contributed by atoms with Crippen molar-refractivity contribution in [3.05, 3.63) is 36.9 Å². The summed E-state index contributed by atoms with van der Waals surface area (Å²) in [5, 5.41) is 7.05. The van der Waals surface area contributed by atoms with Gasteiger partial charge in [-0.3, -0.25) is 0 Å². The molecule has 27 heavy (non-hydrogen) atoms. The van der Waals surface area contributed by atoms with Gasteiger partial charge in [-0.1, -0.05) is 6.08 Å². The number of likely N-dealkylation sites (tertiary alicyclic amines) is 1. The number of piperidine rings is 1. The number of urea groups is 1. The van der Waals surface area contributed by atoms with E-state index in [9.17, 15) is 21.6 Å². The van der Waals surface area contributed by atoms with Crippen molar-refractivity contribution in [1.82, 2.24) is 9.21 Å². The van der Waals surface area contributed by atoms with E-state index in [1.165, 1.54) is 42.3 Å². The van der Waals surface area contributed by atoms with E-state index in [4.69, 9.17) is 5.14 Å². The monoisotopic (exact) mass is 416 g/mol. The molecule has 1 aliphatic rings. The highest BCUT2D eigenvalue weighted by Gasteiger charge is 2.30. The molecule has 9 nitrogen and oxygen atoms in total. The van der Waals surface area contributed by atoms with Crippen LogP contribution in [-0.2, 0) is 20.0 Å². The first-order chi connectivity index (χ1) is 12.6. The highest BCUT2D eigenvalue weighted by atomic mass is 32.2. The minimum absolute atomic E-state index is 0.0312. The van der Waals surface area contributed by atoms with Crippen LogP contribution >= 0.6 is 0 Å². The van der Waals surface area contributed by atoms with Crippen molar-refractivity contribution in [3.63, 3.8) is 0 Å². The SMILES string of the molecule is C=CCN(C)S(=O)(=O)c1ccc(NC(=O)N2CCC[C@@H](S(N)(=O)=O)C2)cc1. The van der Waals surface area contributed by atoms with Crippen LogP contribution in [0.25, 0.3) is 0 Å². The van der Waals surface area contributed by atoms with Crippen molar-refractivity contribution in [2.24, 2.45) is 5.14 Å². The summed E-state index contributed by atoms with van der Waals surface area (Å²) in [6, 6.07) is 5.30. The van der Waals surface area contributed by atoms with Gasteiger partial charge in [0.15, 0.2) is 0 Å². The van der Waals surface area contributed by atoms with E-state index < -0.39 is 31.3 Å². The average molecular weight is 417 g/mol. The molecule has 1 fully saturated rings. The molecule has 0 aliphatic carbocycles. The van der Waals surface area contributed by atoms with Gasteiger partial charge >= 0.3 is 6.03 Å². The van der Waals surface area contributed by atoms with Gasteiger partial charge in [-0.15, -0.1) is 6.58 Å². The van der Waals surface area contributed by atoms with Gasteiger partial charge in [-0.05, 0) is 37.1 Å². The van der Waals surface area contributed by atoms with E-state index in [0.29, 0.717) is 25.1 Å².